The number of morpholine rings is 1. The maximum Gasteiger partial charge on any atom is 0.224 e. The molecule has 0 amide bonds. The van der Waals surface area contributed by atoms with Crippen LogP contribution in [-0.4, -0.2) is 48.3 Å². The molecule has 1 unspecified atom stereocenters. The SMILES string of the molecule is CCC(C(N)=S)S(=O)(=O)N1CCOCC1(C)C. The molecule has 5 nitrogen and oxygen atoms in total. The Morgan fingerprint density at radius 1 is 1.59 bits per heavy atom. The molecular formula is C10H20N2O3S2. The van der Waals surface area contributed by atoms with E-state index in [9.17, 15) is 8.42 Å². The second-order valence-corrected chi connectivity index (χ2v) is 7.29. The lowest BCUT2D eigenvalue weighted by atomic mass is 10.1. The van der Waals surface area contributed by atoms with Gasteiger partial charge in [-0.25, -0.2) is 8.42 Å². The van der Waals surface area contributed by atoms with Gasteiger partial charge in [0.05, 0.1) is 23.7 Å². The number of nitrogens with two attached hydrogens (primary N) is 1. The monoisotopic (exact) mass is 280 g/mol. The smallest absolute Gasteiger partial charge is 0.224 e. The first-order valence-corrected chi connectivity index (χ1v) is 7.53. The van der Waals surface area contributed by atoms with Crippen molar-refractivity contribution in [1.82, 2.24) is 4.31 Å². The zero-order valence-electron chi connectivity index (χ0n) is 10.5. The molecule has 0 radical (unpaired) electrons. The molecule has 1 fully saturated rings. The van der Waals surface area contributed by atoms with Crippen LogP contribution >= 0.6 is 12.2 Å². The van der Waals surface area contributed by atoms with Gasteiger partial charge < -0.3 is 10.5 Å². The topological polar surface area (TPSA) is 72.6 Å². The van der Waals surface area contributed by atoms with Gasteiger partial charge in [0.2, 0.25) is 10.0 Å². The Labute approximate surface area is 108 Å². The second-order valence-electron chi connectivity index (χ2n) is 4.78. The normalized spacial score (nSPS) is 23.2. The van der Waals surface area contributed by atoms with Crippen molar-refractivity contribution in [3.63, 3.8) is 0 Å². The average Bonchev–Trinajstić information content (AvgIpc) is 2.15. The highest BCUT2D eigenvalue weighted by Crippen LogP contribution is 2.26. The summed E-state index contributed by atoms with van der Waals surface area (Å²) >= 11 is 4.85. The first-order chi connectivity index (χ1) is 7.73. The van der Waals surface area contributed by atoms with E-state index < -0.39 is 20.8 Å². The standard InChI is InChI=1S/C10H20N2O3S2/c1-4-8(9(11)16)17(13,14)12-5-6-15-7-10(12,2)3/h8H,4-7H2,1-3H3,(H2,11,16). The van der Waals surface area contributed by atoms with Gasteiger partial charge in [-0.1, -0.05) is 19.1 Å². The summed E-state index contributed by atoms with van der Waals surface area (Å²) in [6.07, 6.45) is 0.394. The molecule has 0 aromatic rings. The Morgan fingerprint density at radius 2 is 2.18 bits per heavy atom. The molecule has 1 saturated heterocycles. The minimum absolute atomic E-state index is 0.0368. The molecule has 100 valence electrons. The van der Waals surface area contributed by atoms with Crippen molar-refractivity contribution >= 4 is 27.2 Å². The van der Waals surface area contributed by atoms with E-state index in [1.165, 1.54) is 4.31 Å². The number of thiocarbonyl (C=S) groups is 1. The van der Waals surface area contributed by atoms with Gasteiger partial charge >= 0.3 is 0 Å². The Morgan fingerprint density at radius 3 is 2.59 bits per heavy atom. The Balaban J connectivity index is 3.07. The van der Waals surface area contributed by atoms with Gasteiger partial charge in [0.1, 0.15) is 5.25 Å². The third-order valence-electron chi connectivity index (χ3n) is 2.92. The first-order valence-electron chi connectivity index (χ1n) is 5.62. The van der Waals surface area contributed by atoms with E-state index in [-0.39, 0.29) is 4.99 Å². The van der Waals surface area contributed by atoms with Gasteiger partial charge in [-0.15, -0.1) is 0 Å². The summed E-state index contributed by atoms with van der Waals surface area (Å²) in [5, 5.41) is -0.783. The lowest BCUT2D eigenvalue weighted by molar-refractivity contribution is -0.00790. The summed E-state index contributed by atoms with van der Waals surface area (Å²) in [5.74, 6) is 0. The minimum Gasteiger partial charge on any atom is -0.392 e. The predicted molar refractivity (Wildman–Crippen MR) is 71.4 cm³/mol. The van der Waals surface area contributed by atoms with E-state index in [0.717, 1.165) is 0 Å². The van der Waals surface area contributed by atoms with Gasteiger partial charge in [-0.2, -0.15) is 4.31 Å². The van der Waals surface area contributed by atoms with Crippen molar-refractivity contribution in [3.05, 3.63) is 0 Å². The number of sulfonamides is 1. The Kier molecular flexibility index (Phi) is 4.51. The summed E-state index contributed by atoms with van der Waals surface area (Å²) in [6, 6.07) is 0. The van der Waals surface area contributed by atoms with Crippen LogP contribution in [0.15, 0.2) is 0 Å². The highest BCUT2D eigenvalue weighted by molar-refractivity contribution is 7.92. The van der Waals surface area contributed by atoms with Crippen molar-refractivity contribution in [2.24, 2.45) is 5.73 Å². The zero-order chi connectivity index (χ0) is 13.3. The van der Waals surface area contributed by atoms with Crippen molar-refractivity contribution in [2.75, 3.05) is 19.8 Å². The van der Waals surface area contributed by atoms with E-state index >= 15 is 0 Å². The molecule has 2 N–H and O–H groups in total. The summed E-state index contributed by atoms with van der Waals surface area (Å²) in [7, 11) is -3.49. The van der Waals surface area contributed by atoms with Crippen molar-refractivity contribution < 1.29 is 13.2 Å². The van der Waals surface area contributed by atoms with Crippen LogP contribution in [0.3, 0.4) is 0 Å². The first kappa shape index (κ1) is 14.8. The minimum atomic E-state index is -3.49. The molecule has 0 aliphatic carbocycles. The fraction of sp³-hybridized carbons (Fsp3) is 0.900. The molecule has 0 aromatic heterocycles. The van der Waals surface area contributed by atoms with E-state index in [0.29, 0.717) is 26.2 Å². The van der Waals surface area contributed by atoms with Crippen molar-refractivity contribution in [2.45, 2.75) is 38.0 Å². The molecule has 0 saturated carbocycles. The molecule has 1 aliphatic rings. The lowest BCUT2D eigenvalue weighted by Gasteiger charge is -2.42. The number of rotatable bonds is 4. The number of ether oxygens (including phenoxy) is 1. The maximum atomic E-state index is 12.5. The molecule has 0 bridgehead atoms. The molecular weight excluding hydrogens is 260 g/mol. The second kappa shape index (κ2) is 5.17. The van der Waals surface area contributed by atoms with Gasteiger partial charge in [0, 0.05) is 6.54 Å². The van der Waals surface area contributed by atoms with Gasteiger partial charge in [-0.3, -0.25) is 0 Å². The Bertz CT molecular complexity index is 392. The molecule has 17 heavy (non-hydrogen) atoms. The maximum absolute atomic E-state index is 12.5. The molecule has 1 atom stereocenters. The fourth-order valence-electron chi connectivity index (χ4n) is 2.03. The quantitative estimate of drug-likeness (QED) is 0.759. The fourth-order valence-corrected chi connectivity index (χ4v) is 4.65. The lowest BCUT2D eigenvalue weighted by Crippen LogP contribution is -2.58. The predicted octanol–water partition coefficient (Wildman–Crippen LogP) is 0.492. The van der Waals surface area contributed by atoms with E-state index in [1.54, 1.807) is 6.92 Å². The van der Waals surface area contributed by atoms with Crippen LogP contribution in [0.1, 0.15) is 27.2 Å². The van der Waals surface area contributed by atoms with Crippen LogP contribution in [0.4, 0.5) is 0 Å². The van der Waals surface area contributed by atoms with Crippen LogP contribution < -0.4 is 5.73 Å². The summed E-state index contributed by atoms with van der Waals surface area (Å²) in [6.45, 7) is 6.62. The van der Waals surface area contributed by atoms with Crippen molar-refractivity contribution in [1.29, 1.82) is 0 Å². The largest absolute Gasteiger partial charge is 0.392 e. The summed E-state index contributed by atoms with van der Waals surface area (Å²) < 4.78 is 31.7. The van der Waals surface area contributed by atoms with Crippen LogP contribution in [0, 0.1) is 0 Å². The van der Waals surface area contributed by atoms with E-state index in [1.807, 2.05) is 13.8 Å². The van der Waals surface area contributed by atoms with Crippen LogP contribution in [0.2, 0.25) is 0 Å². The van der Waals surface area contributed by atoms with E-state index in [2.05, 4.69) is 0 Å². The third-order valence-corrected chi connectivity index (χ3v) is 5.96. The molecule has 1 rings (SSSR count). The highest BCUT2D eigenvalue weighted by Gasteiger charge is 2.43. The zero-order valence-corrected chi connectivity index (χ0v) is 12.1. The average molecular weight is 280 g/mol. The Hall–Kier alpha value is -0.240. The highest BCUT2D eigenvalue weighted by atomic mass is 32.2. The summed E-state index contributed by atoms with van der Waals surface area (Å²) in [4.78, 5) is 0.0368. The van der Waals surface area contributed by atoms with Gasteiger partial charge in [-0.05, 0) is 20.3 Å². The molecule has 1 aliphatic heterocycles. The van der Waals surface area contributed by atoms with Crippen LogP contribution in [0.5, 0.6) is 0 Å². The number of nitrogens with zero attached hydrogens (tertiary/aromatic N) is 1. The summed E-state index contributed by atoms with van der Waals surface area (Å²) in [5.41, 5.74) is 4.98. The molecule has 1 heterocycles. The van der Waals surface area contributed by atoms with Crippen LogP contribution in [0.25, 0.3) is 0 Å². The molecule has 7 heteroatoms. The molecule has 0 spiro atoms. The van der Waals surface area contributed by atoms with Gasteiger partial charge in [0.25, 0.3) is 0 Å². The van der Waals surface area contributed by atoms with Crippen molar-refractivity contribution in [3.8, 4) is 0 Å². The molecule has 0 aromatic carbocycles. The number of hydrogen-bond donors (Lipinski definition) is 1. The third kappa shape index (κ3) is 2.96. The van der Waals surface area contributed by atoms with E-state index in [4.69, 9.17) is 22.7 Å². The van der Waals surface area contributed by atoms with Crippen LogP contribution in [-0.2, 0) is 14.8 Å². The van der Waals surface area contributed by atoms with Gasteiger partial charge in [0.15, 0.2) is 0 Å². The number of hydrogen-bond acceptors (Lipinski definition) is 4.